The molecule has 0 bridgehead atoms. The molecule has 1 aliphatic heterocycles. The van der Waals surface area contributed by atoms with Gasteiger partial charge in [0.2, 0.25) is 16.0 Å². The maximum absolute atomic E-state index is 11.8. The Labute approximate surface area is 248 Å². The van der Waals surface area contributed by atoms with Crippen molar-refractivity contribution >= 4 is 62.2 Å². The lowest BCUT2D eigenvalue weighted by molar-refractivity contribution is 0.294. The molecule has 216 valence electrons. The number of likely N-dealkylation sites (tertiary alicyclic amines) is 1. The molecular weight excluding hydrogens is 584 g/mol. The average Bonchev–Trinajstić information content (AvgIpc) is 3.62. The van der Waals surface area contributed by atoms with Crippen LogP contribution in [0.25, 0.3) is 0 Å². The number of furan rings is 1. The molecule has 10 nitrogen and oxygen atoms in total. The minimum Gasteiger partial charge on any atom is -0.495 e. The van der Waals surface area contributed by atoms with E-state index in [-0.39, 0.29) is 11.0 Å². The molecule has 1 aliphatic rings. The van der Waals surface area contributed by atoms with Crippen molar-refractivity contribution in [2.75, 3.05) is 41.8 Å². The lowest BCUT2D eigenvalue weighted by Gasteiger charge is -2.15. The van der Waals surface area contributed by atoms with Crippen LogP contribution in [-0.2, 0) is 22.3 Å². The summed E-state index contributed by atoms with van der Waals surface area (Å²) in [6.45, 7) is 3.15. The van der Waals surface area contributed by atoms with Gasteiger partial charge in [0.15, 0.2) is 5.82 Å². The maximum Gasteiger partial charge on any atom is 0.229 e. The van der Waals surface area contributed by atoms with E-state index in [0.717, 1.165) is 42.3 Å². The fourth-order valence-electron chi connectivity index (χ4n) is 4.41. The quantitative estimate of drug-likeness (QED) is 0.153. The van der Waals surface area contributed by atoms with Crippen molar-refractivity contribution < 1.29 is 17.6 Å². The zero-order valence-corrected chi connectivity index (χ0v) is 25.1. The standard InChI is InChI=1S/C28H31ClN6O4S2/c1-38-26-15-21(40-18-20-10-9-19(39-20)17-35-13-5-6-14-35)11-12-25(26)32-28-30-16-22(29)27(33-28)31-23-7-3-4-8-24(23)34-41(2,36)37/h3-4,7-12,15-16,34H,5-6,13-14,17-18H2,1-2H3,(H2,30,31,32,33). The molecule has 0 unspecified atom stereocenters. The molecule has 0 atom stereocenters. The molecule has 3 heterocycles. The Morgan fingerprint density at radius 2 is 1.78 bits per heavy atom. The number of ether oxygens (including phenoxy) is 1. The normalized spacial score (nSPS) is 13.7. The van der Waals surface area contributed by atoms with Crippen molar-refractivity contribution in [2.24, 2.45) is 0 Å². The minimum absolute atomic E-state index is 0.268. The van der Waals surface area contributed by atoms with Crippen LogP contribution in [0.3, 0.4) is 0 Å². The first kappa shape index (κ1) is 29.1. The van der Waals surface area contributed by atoms with Gasteiger partial charge in [0.25, 0.3) is 0 Å². The molecule has 0 aliphatic carbocycles. The van der Waals surface area contributed by atoms with E-state index >= 15 is 0 Å². The molecule has 0 spiro atoms. The smallest absolute Gasteiger partial charge is 0.229 e. The van der Waals surface area contributed by atoms with Crippen LogP contribution in [0, 0.1) is 0 Å². The van der Waals surface area contributed by atoms with Crippen LogP contribution in [0.15, 0.2) is 70.1 Å². The first-order chi connectivity index (χ1) is 19.8. The largest absolute Gasteiger partial charge is 0.495 e. The molecule has 3 N–H and O–H groups in total. The van der Waals surface area contributed by atoms with Crippen molar-refractivity contribution in [3.63, 3.8) is 0 Å². The molecule has 1 fully saturated rings. The summed E-state index contributed by atoms with van der Waals surface area (Å²) >= 11 is 8.01. The van der Waals surface area contributed by atoms with Crippen molar-refractivity contribution in [3.8, 4) is 5.75 Å². The van der Waals surface area contributed by atoms with Gasteiger partial charge in [-0.3, -0.25) is 9.62 Å². The number of aromatic nitrogens is 2. The van der Waals surface area contributed by atoms with Gasteiger partial charge in [0, 0.05) is 4.90 Å². The van der Waals surface area contributed by atoms with E-state index in [1.165, 1.54) is 19.0 Å². The van der Waals surface area contributed by atoms with Gasteiger partial charge in [-0.1, -0.05) is 23.7 Å². The predicted molar refractivity (Wildman–Crippen MR) is 164 cm³/mol. The second-order valence-electron chi connectivity index (χ2n) is 9.56. The third-order valence-corrected chi connectivity index (χ3v) is 8.20. The van der Waals surface area contributed by atoms with Crippen LogP contribution in [0.2, 0.25) is 5.02 Å². The highest BCUT2D eigenvalue weighted by Gasteiger charge is 2.15. The molecule has 0 amide bonds. The third-order valence-electron chi connectivity index (χ3n) is 6.32. The van der Waals surface area contributed by atoms with Crippen molar-refractivity contribution in [3.05, 3.63) is 77.3 Å². The summed E-state index contributed by atoms with van der Waals surface area (Å²) in [6, 6.07) is 16.8. The molecule has 41 heavy (non-hydrogen) atoms. The summed E-state index contributed by atoms with van der Waals surface area (Å²) in [4.78, 5) is 12.2. The van der Waals surface area contributed by atoms with Crippen LogP contribution in [0.5, 0.6) is 5.75 Å². The summed E-state index contributed by atoms with van der Waals surface area (Å²) in [7, 11) is -1.87. The van der Waals surface area contributed by atoms with Gasteiger partial charge >= 0.3 is 0 Å². The van der Waals surface area contributed by atoms with Gasteiger partial charge in [-0.15, -0.1) is 11.8 Å². The van der Waals surface area contributed by atoms with Gasteiger partial charge in [0.1, 0.15) is 22.3 Å². The van der Waals surface area contributed by atoms with Crippen molar-refractivity contribution in [1.82, 2.24) is 14.9 Å². The number of sulfonamides is 1. The van der Waals surface area contributed by atoms with Crippen LogP contribution >= 0.6 is 23.4 Å². The topological polar surface area (TPSA) is 122 Å². The van der Waals surface area contributed by atoms with Crippen molar-refractivity contribution in [1.29, 1.82) is 0 Å². The molecule has 13 heteroatoms. The molecule has 1 saturated heterocycles. The number of benzene rings is 2. The summed E-state index contributed by atoms with van der Waals surface area (Å²) < 4.78 is 37.7. The zero-order valence-electron chi connectivity index (χ0n) is 22.7. The van der Waals surface area contributed by atoms with Gasteiger partial charge < -0.3 is 19.8 Å². The lowest BCUT2D eigenvalue weighted by Crippen LogP contribution is -2.17. The summed E-state index contributed by atoms with van der Waals surface area (Å²) in [5, 5.41) is 6.53. The van der Waals surface area contributed by atoms with Gasteiger partial charge in [-0.25, -0.2) is 13.4 Å². The monoisotopic (exact) mass is 614 g/mol. The van der Waals surface area contributed by atoms with Crippen LogP contribution in [0.1, 0.15) is 24.4 Å². The van der Waals surface area contributed by atoms with E-state index in [0.29, 0.717) is 34.4 Å². The number of thioether (sulfide) groups is 1. The van der Waals surface area contributed by atoms with Gasteiger partial charge in [0.05, 0.1) is 48.9 Å². The minimum atomic E-state index is -3.48. The number of nitrogens with one attached hydrogen (secondary N) is 3. The molecule has 4 aromatic rings. The van der Waals surface area contributed by atoms with E-state index < -0.39 is 10.0 Å². The molecule has 2 aromatic heterocycles. The Bertz CT molecular complexity index is 1610. The van der Waals surface area contributed by atoms with E-state index in [1.54, 1.807) is 43.1 Å². The maximum atomic E-state index is 11.8. The van der Waals surface area contributed by atoms with Crippen LogP contribution in [-0.4, -0.2) is 49.7 Å². The van der Waals surface area contributed by atoms with E-state index in [9.17, 15) is 8.42 Å². The zero-order chi connectivity index (χ0) is 28.8. The summed E-state index contributed by atoms with van der Waals surface area (Å²) in [5.74, 6) is 3.87. The predicted octanol–water partition coefficient (Wildman–Crippen LogP) is 6.48. The van der Waals surface area contributed by atoms with Crippen molar-refractivity contribution in [2.45, 2.75) is 30.0 Å². The molecule has 5 rings (SSSR count). The SMILES string of the molecule is COc1cc(SCc2ccc(CN3CCCC3)o2)ccc1Nc1ncc(Cl)c(Nc2ccccc2NS(C)(=O)=O)n1. The Morgan fingerprint density at radius 3 is 2.54 bits per heavy atom. The Hall–Kier alpha value is -3.45. The number of nitrogens with zero attached hydrogens (tertiary/aromatic N) is 3. The highest BCUT2D eigenvalue weighted by atomic mass is 35.5. The fourth-order valence-corrected chi connectivity index (χ4v) is 5.94. The fraction of sp³-hybridized carbons (Fsp3) is 0.286. The molecule has 0 radical (unpaired) electrons. The Balaban J connectivity index is 1.25. The second-order valence-corrected chi connectivity index (χ2v) is 12.8. The number of hydrogen-bond acceptors (Lipinski definition) is 10. The van der Waals surface area contributed by atoms with Crippen LogP contribution < -0.4 is 20.1 Å². The number of rotatable bonds is 12. The number of anilines is 5. The Kier molecular flexibility index (Phi) is 9.23. The highest BCUT2D eigenvalue weighted by Crippen LogP contribution is 2.35. The summed E-state index contributed by atoms with van der Waals surface area (Å²) in [6.07, 6.45) is 5.07. The highest BCUT2D eigenvalue weighted by molar-refractivity contribution is 7.98. The summed E-state index contributed by atoms with van der Waals surface area (Å²) in [5.41, 5.74) is 1.53. The second kappa shape index (κ2) is 13.0. The third kappa shape index (κ3) is 8.07. The van der Waals surface area contributed by atoms with Gasteiger partial charge in [-0.05, 0) is 68.4 Å². The van der Waals surface area contributed by atoms with E-state index in [4.69, 9.17) is 20.8 Å². The number of para-hydroxylation sites is 2. The average molecular weight is 615 g/mol. The first-order valence-corrected chi connectivity index (χ1v) is 16.3. The molecule has 0 saturated carbocycles. The molecule has 2 aromatic carbocycles. The van der Waals surface area contributed by atoms with E-state index in [1.807, 2.05) is 24.3 Å². The Morgan fingerprint density at radius 1 is 1.02 bits per heavy atom. The number of halogens is 1. The van der Waals surface area contributed by atoms with E-state index in [2.05, 4.69) is 36.3 Å². The van der Waals surface area contributed by atoms with Crippen LogP contribution in [0.4, 0.5) is 28.8 Å². The number of hydrogen-bond donors (Lipinski definition) is 3. The molecular formula is C28H31ClN6O4S2. The lowest BCUT2D eigenvalue weighted by atomic mass is 10.2. The van der Waals surface area contributed by atoms with Gasteiger partial charge in [-0.2, -0.15) is 4.98 Å². The first-order valence-electron chi connectivity index (χ1n) is 13.0. The number of methoxy groups -OCH3 is 1.